The van der Waals surface area contributed by atoms with Crippen LogP contribution in [-0.2, 0) is 6.54 Å². The molecular formula is C11H18N2OS. The zero-order valence-corrected chi connectivity index (χ0v) is 9.94. The van der Waals surface area contributed by atoms with Gasteiger partial charge in [0.05, 0.1) is 0 Å². The van der Waals surface area contributed by atoms with Gasteiger partial charge in [0.1, 0.15) is 5.01 Å². The third-order valence-electron chi connectivity index (χ3n) is 3.18. The summed E-state index contributed by atoms with van der Waals surface area (Å²) in [6.07, 6.45) is 4.54. The molecule has 0 radical (unpaired) electrons. The van der Waals surface area contributed by atoms with Crippen molar-refractivity contribution in [3.63, 3.8) is 0 Å². The van der Waals surface area contributed by atoms with E-state index in [-0.39, 0.29) is 12.1 Å². The lowest BCUT2D eigenvalue weighted by Gasteiger charge is -2.42. The molecule has 1 saturated carbocycles. The minimum atomic E-state index is 0.203. The summed E-state index contributed by atoms with van der Waals surface area (Å²) in [4.78, 5) is 4.43. The second-order valence-corrected chi connectivity index (χ2v) is 5.29. The van der Waals surface area contributed by atoms with Crippen LogP contribution in [0.1, 0.15) is 36.4 Å². The van der Waals surface area contributed by atoms with Gasteiger partial charge in [0.15, 0.2) is 0 Å². The summed E-state index contributed by atoms with van der Waals surface area (Å²) in [7, 11) is 0. The maximum Gasteiger partial charge on any atom is 0.107 e. The summed E-state index contributed by atoms with van der Waals surface area (Å²) in [5, 5.41) is 15.8. The fraction of sp³-hybridized carbons (Fsp3) is 0.727. The van der Waals surface area contributed by atoms with E-state index in [9.17, 15) is 0 Å². The Labute approximate surface area is 94.5 Å². The van der Waals surface area contributed by atoms with E-state index in [0.29, 0.717) is 0 Å². The number of hydrogen-bond acceptors (Lipinski definition) is 4. The molecule has 0 spiro atoms. The van der Waals surface area contributed by atoms with E-state index in [4.69, 9.17) is 5.11 Å². The maximum absolute atomic E-state index is 9.02. The summed E-state index contributed by atoms with van der Waals surface area (Å²) >= 11 is 1.71. The molecule has 4 heteroatoms. The van der Waals surface area contributed by atoms with Crippen LogP contribution in [-0.4, -0.2) is 22.2 Å². The highest BCUT2D eigenvalue weighted by Gasteiger charge is 2.35. The lowest BCUT2D eigenvalue weighted by Crippen LogP contribution is -2.51. The Morgan fingerprint density at radius 2 is 2.40 bits per heavy atom. The first-order chi connectivity index (χ1) is 7.24. The van der Waals surface area contributed by atoms with Gasteiger partial charge < -0.3 is 10.4 Å². The van der Waals surface area contributed by atoms with Crippen LogP contribution >= 0.6 is 11.3 Å². The van der Waals surface area contributed by atoms with Crippen molar-refractivity contribution >= 4 is 11.3 Å². The van der Waals surface area contributed by atoms with Crippen molar-refractivity contribution in [1.29, 1.82) is 0 Å². The zero-order valence-electron chi connectivity index (χ0n) is 9.12. The molecule has 0 amide bonds. The van der Waals surface area contributed by atoms with Gasteiger partial charge in [-0.15, -0.1) is 11.3 Å². The molecule has 1 aliphatic carbocycles. The quantitative estimate of drug-likeness (QED) is 0.805. The first-order valence-corrected chi connectivity index (χ1v) is 6.39. The average Bonchev–Trinajstić information content (AvgIpc) is 2.56. The Balaban J connectivity index is 1.86. The largest absolute Gasteiger partial charge is 0.396 e. The number of thiazole rings is 1. The Hall–Kier alpha value is -0.450. The molecule has 2 rings (SSSR count). The predicted octanol–water partition coefficient (Wildman–Crippen LogP) is 1.85. The number of rotatable bonds is 5. The zero-order chi connectivity index (χ0) is 10.7. The predicted molar refractivity (Wildman–Crippen MR) is 62.0 cm³/mol. The van der Waals surface area contributed by atoms with Crippen LogP contribution < -0.4 is 5.32 Å². The highest BCUT2D eigenvalue weighted by atomic mass is 32.1. The van der Waals surface area contributed by atoms with E-state index < -0.39 is 0 Å². The molecule has 84 valence electrons. The Morgan fingerprint density at radius 3 is 2.87 bits per heavy atom. The Morgan fingerprint density at radius 1 is 1.60 bits per heavy atom. The molecule has 0 aromatic carbocycles. The molecule has 0 saturated heterocycles. The van der Waals surface area contributed by atoms with Crippen molar-refractivity contribution in [3.05, 3.63) is 16.1 Å². The molecule has 2 N–H and O–H groups in total. The van der Waals surface area contributed by atoms with E-state index >= 15 is 0 Å². The number of nitrogens with zero attached hydrogens (tertiary/aromatic N) is 1. The van der Waals surface area contributed by atoms with E-state index in [1.54, 1.807) is 11.3 Å². The van der Waals surface area contributed by atoms with Crippen molar-refractivity contribution in [2.24, 2.45) is 0 Å². The van der Waals surface area contributed by atoms with Gasteiger partial charge in [0.25, 0.3) is 0 Å². The summed E-state index contributed by atoms with van der Waals surface area (Å²) in [6, 6.07) is 0. The maximum atomic E-state index is 9.02. The van der Waals surface area contributed by atoms with Gasteiger partial charge in [0, 0.05) is 29.8 Å². The third kappa shape index (κ3) is 2.56. The SMILES string of the molecule is Cc1csc(CNC2(CCO)CCC2)n1. The van der Waals surface area contributed by atoms with Crippen molar-refractivity contribution in [2.45, 2.75) is 44.7 Å². The van der Waals surface area contributed by atoms with Crippen LogP contribution in [0.15, 0.2) is 5.38 Å². The van der Waals surface area contributed by atoms with E-state index in [0.717, 1.165) is 23.7 Å². The fourth-order valence-corrected chi connectivity index (χ4v) is 2.79. The second kappa shape index (κ2) is 4.60. The van der Waals surface area contributed by atoms with Gasteiger partial charge in [0.2, 0.25) is 0 Å². The van der Waals surface area contributed by atoms with Crippen molar-refractivity contribution in [3.8, 4) is 0 Å². The molecule has 0 unspecified atom stereocenters. The first-order valence-electron chi connectivity index (χ1n) is 5.51. The number of aryl methyl sites for hydroxylation is 1. The lowest BCUT2D eigenvalue weighted by atomic mass is 9.74. The van der Waals surface area contributed by atoms with Gasteiger partial charge in [-0.25, -0.2) is 4.98 Å². The Bertz CT molecular complexity index is 320. The normalized spacial score (nSPS) is 18.8. The van der Waals surface area contributed by atoms with Crippen LogP contribution in [0, 0.1) is 6.92 Å². The monoisotopic (exact) mass is 226 g/mol. The van der Waals surface area contributed by atoms with Crippen molar-refractivity contribution in [2.75, 3.05) is 6.61 Å². The minimum absolute atomic E-state index is 0.203. The molecule has 1 aromatic rings. The third-order valence-corrected chi connectivity index (χ3v) is 4.15. The molecule has 1 fully saturated rings. The van der Waals surface area contributed by atoms with Crippen LogP contribution in [0.25, 0.3) is 0 Å². The highest BCUT2D eigenvalue weighted by Crippen LogP contribution is 2.34. The minimum Gasteiger partial charge on any atom is -0.396 e. The van der Waals surface area contributed by atoms with Crippen LogP contribution in [0.2, 0.25) is 0 Å². The topological polar surface area (TPSA) is 45.1 Å². The summed E-state index contributed by atoms with van der Waals surface area (Å²) in [5.74, 6) is 0. The Kier molecular flexibility index (Phi) is 3.38. The number of hydrogen-bond donors (Lipinski definition) is 2. The van der Waals surface area contributed by atoms with Gasteiger partial charge in [-0.1, -0.05) is 0 Å². The summed E-state index contributed by atoms with van der Waals surface area (Å²) < 4.78 is 0. The fourth-order valence-electron chi connectivity index (χ4n) is 2.08. The van der Waals surface area contributed by atoms with Gasteiger partial charge in [-0.3, -0.25) is 0 Å². The van der Waals surface area contributed by atoms with E-state index in [2.05, 4.69) is 15.7 Å². The van der Waals surface area contributed by atoms with Gasteiger partial charge in [-0.2, -0.15) is 0 Å². The van der Waals surface area contributed by atoms with Crippen LogP contribution in [0.3, 0.4) is 0 Å². The standard InChI is InChI=1S/C11H18N2OS/c1-9-8-15-10(13-9)7-12-11(5-6-14)3-2-4-11/h8,12,14H,2-7H2,1H3. The molecule has 1 aromatic heterocycles. The summed E-state index contributed by atoms with van der Waals surface area (Å²) in [5.41, 5.74) is 1.30. The molecule has 1 aliphatic rings. The van der Waals surface area contributed by atoms with Crippen LogP contribution in [0.5, 0.6) is 0 Å². The molecule has 15 heavy (non-hydrogen) atoms. The summed E-state index contributed by atoms with van der Waals surface area (Å²) in [6.45, 7) is 3.15. The van der Waals surface area contributed by atoms with Crippen molar-refractivity contribution < 1.29 is 5.11 Å². The van der Waals surface area contributed by atoms with Crippen molar-refractivity contribution in [1.82, 2.24) is 10.3 Å². The second-order valence-electron chi connectivity index (χ2n) is 4.34. The van der Waals surface area contributed by atoms with Gasteiger partial charge >= 0.3 is 0 Å². The molecule has 1 heterocycles. The smallest absolute Gasteiger partial charge is 0.107 e. The van der Waals surface area contributed by atoms with Crippen LogP contribution in [0.4, 0.5) is 0 Å². The average molecular weight is 226 g/mol. The molecule has 0 atom stereocenters. The first kappa shape index (κ1) is 11.0. The highest BCUT2D eigenvalue weighted by molar-refractivity contribution is 7.09. The molecule has 3 nitrogen and oxygen atoms in total. The molecule has 0 bridgehead atoms. The van der Waals surface area contributed by atoms with Gasteiger partial charge in [-0.05, 0) is 32.6 Å². The lowest BCUT2D eigenvalue weighted by molar-refractivity contribution is 0.130. The number of aromatic nitrogens is 1. The van der Waals surface area contributed by atoms with E-state index in [1.165, 1.54) is 19.3 Å². The molecular weight excluding hydrogens is 208 g/mol. The number of nitrogens with one attached hydrogen (secondary N) is 1. The van der Waals surface area contributed by atoms with E-state index in [1.807, 2.05) is 6.92 Å². The number of aliphatic hydroxyl groups is 1. The number of aliphatic hydroxyl groups excluding tert-OH is 1. The molecule has 0 aliphatic heterocycles.